The average Bonchev–Trinajstić information content (AvgIpc) is 3.26. The van der Waals surface area contributed by atoms with Gasteiger partial charge in [0.1, 0.15) is 23.1 Å². The average molecular weight is 511 g/mol. The molecule has 1 saturated heterocycles. The van der Waals surface area contributed by atoms with Gasteiger partial charge in [0, 0.05) is 42.1 Å². The Labute approximate surface area is 212 Å². The Kier molecular flexibility index (Phi) is 5.59. The number of carbonyl (C=O) groups is 2. The van der Waals surface area contributed by atoms with Gasteiger partial charge in [-0.15, -0.1) is 0 Å². The number of phenolic OH excluding ortho intramolecular Hbond substituents is 1. The van der Waals surface area contributed by atoms with E-state index in [9.17, 15) is 23.5 Å². The quantitative estimate of drug-likeness (QED) is 0.412. The summed E-state index contributed by atoms with van der Waals surface area (Å²) < 4.78 is 30.4. The number of H-pyrrole nitrogens is 1. The molecule has 194 valence electrons. The number of urea groups is 1. The monoisotopic (exact) mass is 510 g/mol. The molecule has 10 heteroatoms. The van der Waals surface area contributed by atoms with E-state index in [0.717, 1.165) is 18.4 Å². The maximum atomic E-state index is 13.8. The van der Waals surface area contributed by atoms with Gasteiger partial charge < -0.3 is 20.1 Å². The molecular weight excluding hydrogens is 482 g/mol. The zero-order chi connectivity index (χ0) is 25.9. The Morgan fingerprint density at radius 2 is 2.03 bits per heavy atom. The number of halogens is 2. The van der Waals surface area contributed by atoms with Crippen LogP contribution in [-0.2, 0) is 11.2 Å². The van der Waals surface area contributed by atoms with E-state index in [1.54, 1.807) is 42.2 Å². The second-order valence-electron chi connectivity index (χ2n) is 10.2. The molecule has 6 rings (SSSR count). The first-order valence-corrected chi connectivity index (χ1v) is 12.5. The minimum atomic E-state index is -2.96. The Hall–Kier alpha value is -3.66. The van der Waals surface area contributed by atoms with Gasteiger partial charge in [0.05, 0.1) is 0 Å². The number of ether oxygens (including phenoxy) is 1. The van der Waals surface area contributed by atoms with Crippen LogP contribution in [0.15, 0.2) is 42.5 Å². The largest absolute Gasteiger partial charge is 0.508 e. The van der Waals surface area contributed by atoms with Crippen molar-refractivity contribution in [3.05, 3.63) is 59.3 Å². The van der Waals surface area contributed by atoms with Gasteiger partial charge in [-0.05, 0) is 61.2 Å². The lowest BCUT2D eigenvalue weighted by Gasteiger charge is -2.42. The number of carbonyl (C=O) groups excluding carboxylic acids is 2. The highest BCUT2D eigenvalue weighted by molar-refractivity contribution is 6.08. The van der Waals surface area contributed by atoms with E-state index in [2.05, 4.69) is 15.0 Å². The number of aromatic nitrogens is 1. The SMILES string of the molecule is C[C@@]12Cc3c([nH]c4ccc(OC(F)F)cc34)C(c3cccc(O)c3)N1C(=O)N(CCNC1CCC1)C2=O. The van der Waals surface area contributed by atoms with E-state index in [-0.39, 0.29) is 36.4 Å². The van der Waals surface area contributed by atoms with Gasteiger partial charge in [0.15, 0.2) is 0 Å². The number of benzene rings is 2. The standard InChI is InChI=1S/C27H28F2N4O4/c1-27-14-20-19-13-18(37-25(28)29)8-9-21(19)31-22(20)23(15-4-2-7-17(34)12-15)33(27)26(36)32(24(27)35)11-10-30-16-5-3-6-16/h2,4,7-9,12-13,16,23,25,30-31,34H,3,5-6,10-11,14H2,1H3/t23?,27-/m0/s1. The molecule has 3 aromatic rings. The summed E-state index contributed by atoms with van der Waals surface area (Å²) in [7, 11) is 0. The van der Waals surface area contributed by atoms with Crippen LogP contribution in [0, 0.1) is 0 Å². The Balaban J connectivity index is 1.44. The van der Waals surface area contributed by atoms with Gasteiger partial charge in [0.2, 0.25) is 0 Å². The van der Waals surface area contributed by atoms with Gasteiger partial charge in [-0.1, -0.05) is 18.6 Å². The number of nitrogens with zero attached hydrogens (tertiary/aromatic N) is 2. The first kappa shape index (κ1) is 23.7. The highest BCUT2D eigenvalue weighted by Crippen LogP contribution is 2.49. The summed E-state index contributed by atoms with van der Waals surface area (Å²) >= 11 is 0. The second kappa shape index (κ2) is 8.72. The molecule has 2 aliphatic heterocycles. The van der Waals surface area contributed by atoms with Crippen LogP contribution in [0.2, 0.25) is 0 Å². The minimum Gasteiger partial charge on any atom is -0.508 e. The third kappa shape index (κ3) is 3.81. The highest BCUT2D eigenvalue weighted by atomic mass is 19.3. The fourth-order valence-electron chi connectivity index (χ4n) is 5.90. The summed E-state index contributed by atoms with van der Waals surface area (Å²) in [4.78, 5) is 33.9. The predicted molar refractivity (Wildman–Crippen MR) is 132 cm³/mol. The van der Waals surface area contributed by atoms with Crippen LogP contribution in [0.4, 0.5) is 13.6 Å². The molecule has 2 aromatic carbocycles. The van der Waals surface area contributed by atoms with Crippen LogP contribution in [0.3, 0.4) is 0 Å². The van der Waals surface area contributed by atoms with Gasteiger partial charge in [-0.3, -0.25) is 14.6 Å². The van der Waals surface area contributed by atoms with Gasteiger partial charge in [-0.2, -0.15) is 8.78 Å². The molecule has 2 atom stereocenters. The number of imide groups is 1. The Morgan fingerprint density at radius 3 is 2.73 bits per heavy atom. The van der Waals surface area contributed by atoms with Crippen molar-refractivity contribution in [1.29, 1.82) is 0 Å². The smallest absolute Gasteiger partial charge is 0.387 e. The zero-order valence-electron chi connectivity index (χ0n) is 20.3. The molecule has 0 bridgehead atoms. The van der Waals surface area contributed by atoms with E-state index in [4.69, 9.17) is 0 Å². The zero-order valence-corrected chi connectivity index (χ0v) is 20.3. The molecule has 3 N–H and O–H groups in total. The Bertz CT molecular complexity index is 1390. The normalized spacial score (nSPS) is 23.5. The molecule has 1 unspecified atom stereocenters. The maximum absolute atomic E-state index is 13.8. The molecule has 0 radical (unpaired) electrons. The van der Waals surface area contributed by atoms with Crippen LogP contribution >= 0.6 is 0 Å². The third-order valence-corrected chi connectivity index (χ3v) is 7.92. The minimum absolute atomic E-state index is 0.0170. The first-order valence-electron chi connectivity index (χ1n) is 12.5. The molecule has 3 amide bonds. The van der Waals surface area contributed by atoms with Crippen LogP contribution in [0.1, 0.15) is 49.0 Å². The fourth-order valence-corrected chi connectivity index (χ4v) is 5.90. The van der Waals surface area contributed by atoms with Crippen LogP contribution < -0.4 is 10.1 Å². The summed E-state index contributed by atoms with van der Waals surface area (Å²) in [6, 6.07) is 10.6. The summed E-state index contributed by atoms with van der Waals surface area (Å²) in [6.07, 6.45) is 3.61. The molecule has 8 nitrogen and oxygen atoms in total. The lowest BCUT2D eigenvalue weighted by molar-refractivity contribution is -0.133. The number of rotatable bonds is 7. The first-order chi connectivity index (χ1) is 17.8. The number of aromatic amines is 1. The fraction of sp³-hybridized carbons (Fsp3) is 0.407. The van der Waals surface area contributed by atoms with E-state index in [0.29, 0.717) is 34.7 Å². The van der Waals surface area contributed by atoms with Crippen LogP contribution in [-0.4, -0.2) is 63.1 Å². The van der Waals surface area contributed by atoms with E-state index < -0.39 is 18.2 Å². The van der Waals surface area contributed by atoms with Gasteiger partial charge >= 0.3 is 12.6 Å². The van der Waals surface area contributed by atoms with Crippen molar-refractivity contribution in [1.82, 2.24) is 20.1 Å². The maximum Gasteiger partial charge on any atom is 0.387 e. The number of hydrogen-bond acceptors (Lipinski definition) is 5. The van der Waals surface area contributed by atoms with Gasteiger partial charge in [0.25, 0.3) is 5.91 Å². The second-order valence-corrected chi connectivity index (χ2v) is 10.2. The van der Waals surface area contributed by atoms with Crippen molar-refractivity contribution in [2.45, 2.75) is 56.8 Å². The summed E-state index contributed by atoms with van der Waals surface area (Å²) in [5.74, 6) is -0.240. The molecule has 2 fully saturated rings. The molecule has 1 aliphatic carbocycles. The topological polar surface area (TPSA) is 97.9 Å². The van der Waals surface area contributed by atoms with E-state index in [1.807, 2.05) is 0 Å². The highest BCUT2D eigenvalue weighted by Gasteiger charge is 2.60. The lowest BCUT2D eigenvalue weighted by atomic mass is 9.81. The summed E-state index contributed by atoms with van der Waals surface area (Å²) in [5, 5.41) is 14.3. The summed E-state index contributed by atoms with van der Waals surface area (Å²) in [6.45, 7) is -0.431. The van der Waals surface area contributed by atoms with E-state index in [1.165, 1.54) is 23.5 Å². The molecule has 37 heavy (non-hydrogen) atoms. The molecule has 0 spiro atoms. The van der Waals surface area contributed by atoms with Gasteiger partial charge in [-0.25, -0.2) is 4.79 Å². The lowest BCUT2D eigenvalue weighted by Crippen LogP contribution is -2.53. The summed E-state index contributed by atoms with van der Waals surface area (Å²) in [5.41, 5.74) is 1.58. The van der Waals surface area contributed by atoms with Crippen molar-refractivity contribution in [3.63, 3.8) is 0 Å². The number of aromatic hydroxyl groups is 1. The van der Waals surface area contributed by atoms with Crippen LogP contribution in [0.25, 0.3) is 10.9 Å². The van der Waals surface area contributed by atoms with Crippen molar-refractivity contribution in [2.75, 3.05) is 13.1 Å². The number of nitrogens with one attached hydrogen (secondary N) is 2. The van der Waals surface area contributed by atoms with Crippen molar-refractivity contribution >= 4 is 22.8 Å². The third-order valence-electron chi connectivity index (χ3n) is 7.92. The number of fused-ring (bicyclic) bond motifs is 4. The molecular formula is C27H28F2N4O4. The number of phenols is 1. The number of amides is 3. The van der Waals surface area contributed by atoms with Crippen molar-refractivity contribution in [3.8, 4) is 11.5 Å². The Morgan fingerprint density at radius 1 is 1.22 bits per heavy atom. The number of alkyl halides is 2. The molecule has 1 saturated carbocycles. The molecule has 3 aliphatic rings. The predicted octanol–water partition coefficient (Wildman–Crippen LogP) is 4.29. The van der Waals surface area contributed by atoms with E-state index >= 15 is 0 Å². The number of hydrogen-bond donors (Lipinski definition) is 3. The molecule has 3 heterocycles. The van der Waals surface area contributed by atoms with Crippen LogP contribution in [0.5, 0.6) is 11.5 Å². The van der Waals surface area contributed by atoms with Crippen molar-refractivity contribution in [2.24, 2.45) is 0 Å². The van der Waals surface area contributed by atoms with Crippen molar-refractivity contribution < 1.29 is 28.2 Å². The molecule has 1 aromatic heterocycles.